The molecule has 21 heavy (non-hydrogen) atoms. The van der Waals surface area contributed by atoms with Crippen LogP contribution in [0, 0.1) is 6.92 Å². The minimum atomic E-state index is -3.66. The number of methoxy groups -OCH3 is 1. The van der Waals surface area contributed by atoms with E-state index in [2.05, 4.69) is 20.2 Å². The number of sulfonamides is 1. The second kappa shape index (κ2) is 6.41. The van der Waals surface area contributed by atoms with Crippen molar-refractivity contribution < 1.29 is 17.9 Å². The number of hydrogen-bond donors (Lipinski definition) is 3. The third-order valence-electron chi connectivity index (χ3n) is 3.66. The summed E-state index contributed by atoms with van der Waals surface area (Å²) in [6, 6.07) is 0. The van der Waals surface area contributed by atoms with E-state index in [9.17, 15) is 8.42 Å². The Balaban J connectivity index is 2.17. The van der Waals surface area contributed by atoms with Gasteiger partial charge in [-0.1, -0.05) is 0 Å². The van der Waals surface area contributed by atoms with Gasteiger partial charge in [0, 0.05) is 33.2 Å². The van der Waals surface area contributed by atoms with Crippen LogP contribution in [0.5, 0.6) is 0 Å². The van der Waals surface area contributed by atoms with Gasteiger partial charge in [-0.05, 0) is 14.0 Å². The summed E-state index contributed by atoms with van der Waals surface area (Å²) in [7, 11) is -0.348. The van der Waals surface area contributed by atoms with Crippen LogP contribution in [0.4, 0.5) is 0 Å². The Bertz CT molecular complexity index is 578. The highest BCUT2D eigenvalue weighted by molar-refractivity contribution is 7.89. The predicted octanol–water partition coefficient (Wildman–Crippen LogP) is -0.479. The van der Waals surface area contributed by atoms with Crippen molar-refractivity contribution in [3.63, 3.8) is 0 Å². The van der Waals surface area contributed by atoms with Gasteiger partial charge >= 0.3 is 0 Å². The molecule has 1 fully saturated rings. The molecule has 0 amide bonds. The monoisotopic (exact) mass is 318 g/mol. The Morgan fingerprint density at radius 1 is 1.52 bits per heavy atom. The number of aromatic nitrogens is 2. The molecule has 120 valence electrons. The van der Waals surface area contributed by atoms with Crippen molar-refractivity contribution in [2.45, 2.75) is 30.4 Å². The molecule has 1 saturated heterocycles. The Morgan fingerprint density at radius 2 is 2.29 bits per heavy atom. The Hall–Kier alpha value is -1.00. The molecule has 1 aromatic rings. The van der Waals surface area contributed by atoms with Crippen LogP contribution < -0.4 is 10.0 Å². The Labute approximate surface area is 124 Å². The van der Waals surface area contributed by atoms with Gasteiger partial charge < -0.3 is 14.8 Å². The number of ether oxygens (including phenoxy) is 2. The largest absolute Gasteiger partial charge is 0.378 e. The van der Waals surface area contributed by atoms with Crippen LogP contribution in [0.15, 0.2) is 4.90 Å². The first-order valence-electron chi connectivity index (χ1n) is 6.75. The van der Waals surface area contributed by atoms with Gasteiger partial charge in [-0.2, -0.15) is 5.10 Å². The number of nitrogens with zero attached hydrogens (tertiary/aromatic N) is 1. The normalized spacial score (nSPS) is 22.8. The Morgan fingerprint density at radius 3 is 2.86 bits per heavy atom. The number of aromatic amines is 1. The van der Waals surface area contributed by atoms with Gasteiger partial charge in [0.25, 0.3) is 0 Å². The van der Waals surface area contributed by atoms with Gasteiger partial charge in [0.15, 0.2) is 0 Å². The molecule has 2 heterocycles. The van der Waals surface area contributed by atoms with Crippen molar-refractivity contribution in [2.75, 3.05) is 33.9 Å². The first-order valence-corrected chi connectivity index (χ1v) is 8.23. The molecule has 3 N–H and O–H groups in total. The zero-order valence-electron chi connectivity index (χ0n) is 12.5. The lowest BCUT2D eigenvalue weighted by Crippen LogP contribution is -2.45. The van der Waals surface area contributed by atoms with Gasteiger partial charge in [0.05, 0.1) is 18.0 Å². The van der Waals surface area contributed by atoms with Crippen molar-refractivity contribution in [1.82, 2.24) is 20.2 Å². The third-order valence-corrected chi connectivity index (χ3v) is 5.26. The van der Waals surface area contributed by atoms with Crippen LogP contribution in [-0.2, 0) is 26.0 Å². The molecule has 1 aliphatic heterocycles. The number of rotatable bonds is 7. The summed E-state index contributed by atoms with van der Waals surface area (Å²) < 4.78 is 38.4. The summed E-state index contributed by atoms with van der Waals surface area (Å²) in [5, 5.41) is 9.65. The van der Waals surface area contributed by atoms with Gasteiger partial charge in [-0.25, -0.2) is 13.1 Å². The molecule has 1 aromatic heterocycles. The molecule has 1 aliphatic rings. The van der Waals surface area contributed by atoms with Crippen molar-refractivity contribution in [2.24, 2.45) is 0 Å². The molecular formula is C12H22N4O4S. The summed E-state index contributed by atoms with van der Waals surface area (Å²) in [6.07, 6.45) is 0.666. The van der Waals surface area contributed by atoms with E-state index in [0.29, 0.717) is 37.6 Å². The van der Waals surface area contributed by atoms with Gasteiger partial charge in [0.1, 0.15) is 10.5 Å². The lowest BCUT2D eigenvalue weighted by molar-refractivity contribution is -0.0120. The van der Waals surface area contributed by atoms with Crippen LogP contribution in [0.2, 0.25) is 0 Å². The molecule has 0 radical (unpaired) electrons. The van der Waals surface area contributed by atoms with Gasteiger partial charge in [-0.3, -0.25) is 5.10 Å². The average Bonchev–Trinajstić information content (AvgIpc) is 3.05. The van der Waals surface area contributed by atoms with E-state index in [-0.39, 0.29) is 11.4 Å². The standard InChI is InChI=1S/C12H22N4O4S/c1-9-11(10(6-13-2)16-15-9)21(17,18)14-7-12(19-3)4-5-20-8-12/h13-14H,4-8H2,1-3H3,(H,15,16). The van der Waals surface area contributed by atoms with E-state index in [0.717, 1.165) is 0 Å². The van der Waals surface area contributed by atoms with E-state index >= 15 is 0 Å². The molecule has 1 atom stereocenters. The first kappa shape index (κ1) is 16.4. The number of H-pyrrole nitrogens is 1. The third kappa shape index (κ3) is 3.43. The smallest absolute Gasteiger partial charge is 0.244 e. The SMILES string of the molecule is CNCc1n[nH]c(C)c1S(=O)(=O)NCC1(OC)CCOC1. The zero-order chi connectivity index (χ0) is 15.5. The van der Waals surface area contributed by atoms with E-state index in [1.54, 1.807) is 21.1 Å². The number of nitrogens with one attached hydrogen (secondary N) is 3. The van der Waals surface area contributed by atoms with Crippen molar-refractivity contribution in [3.8, 4) is 0 Å². The first-order chi connectivity index (χ1) is 9.94. The summed E-state index contributed by atoms with van der Waals surface area (Å²) in [4.78, 5) is 0.196. The van der Waals surface area contributed by atoms with Crippen LogP contribution >= 0.6 is 0 Å². The quantitative estimate of drug-likeness (QED) is 0.627. The summed E-state index contributed by atoms with van der Waals surface area (Å²) in [5.74, 6) is 0. The van der Waals surface area contributed by atoms with E-state index in [4.69, 9.17) is 9.47 Å². The topological polar surface area (TPSA) is 105 Å². The highest BCUT2D eigenvalue weighted by Crippen LogP contribution is 2.23. The number of aryl methyl sites for hydroxylation is 1. The van der Waals surface area contributed by atoms with Crippen molar-refractivity contribution >= 4 is 10.0 Å². The highest BCUT2D eigenvalue weighted by Gasteiger charge is 2.37. The molecule has 0 aliphatic carbocycles. The maximum atomic E-state index is 12.5. The van der Waals surface area contributed by atoms with Gasteiger partial charge in [0.2, 0.25) is 10.0 Å². The molecule has 8 nitrogen and oxygen atoms in total. The lowest BCUT2D eigenvalue weighted by Gasteiger charge is -2.25. The fourth-order valence-corrected chi connectivity index (χ4v) is 3.85. The van der Waals surface area contributed by atoms with Crippen LogP contribution in [0.1, 0.15) is 17.8 Å². The average molecular weight is 318 g/mol. The van der Waals surface area contributed by atoms with Crippen molar-refractivity contribution in [1.29, 1.82) is 0 Å². The minimum absolute atomic E-state index is 0.176. The minimum Gasteiger partial charge on any atom is -0.378 e. The molecule has 9 heteroatoms. The summed E-state index contributed by atoms with van der Waals surface area (Å²) in [6.45, 7) is 3.20. The molecule has 0 spiro atoms. The van der Waals surface area contributed by atoms with Gasteiger partial charge in [-0.15, -0.1) is 0 Å². The molecule has 2 rings (SSSR count). The van der Waals surface area contributed by atoms with E-state index in [1.807, 2.05) is 0 Å². The second-order valence-electron chi connectivity index (χ2n) is 5.17. The summed E-state index contributed by atoms with van der Waals surface area (Å²) >= 11 is 0. The Kier molecular flexibility index (Phi) is 4.99. The van der Waals surface area contributed by atoms with Crippen LogP contribution in [0.3, 0.4) is 0 Å². The molecule has 1 unspecified atom stereocenters. The summed E-state index contributed by atoms with van der Waals surface area (Å²) in [5.41, 5.74) is 0.395. The van der Waals surface area contributed by atoms with Crippen LogP contribution in [0.25, 0.3) is 0 Å². The van der Waals surface area contributed by atoms with E-state index < -0.39 is 15.6 Å². The zero-order valence-corrected chi connectivity index (χ0v) is 13.3. The van der Waals surface area contributed by atoms with Crippen molar-refractivity contribution in [3.05, 3.63) is 11.4 Å². The highest BCUT2D eigenvalue weighted by atomic mass is 32.2. The number of hydrogen-bond acceptors (Lipinski definition) is 6. The maximum absolute atomic E-state index is 12.5. The molecule has 0 saturated carbocycles. The molecule has 0 aromatic carbocycles. The second-order valence-corrected chi connectivity index (χ2v) is 6.87. The lowest BCUT2D eigenvalue weighted by atomic mass is 10.0. The fraction of sp³-hybridized carbons (Fsp3) is 0.750. The van der Waals surface area contributed by atoms with Crippen LogP contribution in [-0.4, -0.2) is 58.1 Å². The fourth-order valence-electron chi connectivity index (χ4n) is 2.37. The molecular weight excluding hydrogens is 296 g/mol. The maximum Gasteiger partial charge on any atom is 0.244 e. The molecule has 0 bridgehead atoms. The predicted molar refractivity (Wildman–Crippen MR) is 76.5 cm³/mol. The van der Waals surface area contributed by atoms with E-state index in [1.165, 1.54) is 0 Å².